The number of hydrogen-bond donors (Lipinski definition) is 0. The van der Waals surface area contributed by atoms with Gasteiger partial charge in [0.1, 0.15) is 5.82 Å². The second-order valence-electron chi connectivity index (χ2n) is 7.70. The number of thioether (sulfide) groups is 1. The Morgan fingerprint density at radius 3 is 2.73 bits per heavy atom. The van der Waals surface area contributed by atoms with Crippen molar-refractivity contribution in [3.05, 3.63) is 58.1 Å². The molecule has 1 amide bonds. The van der Waals surface area contributed by atoms with Gasteiger partial charge in [0.2, 0.25) is 5.91 Å². The summed E-state index contributed by atoms with van der Waals surface area (Å²) >= 11 is 1.27. The summed E-state index contributed by atoms with van der Waals surface area (Å²) in [5.41, 5.74) is 2.82. The SMILES string of the molecule is COC(=O)/C=C1/SCC(=O)N1CCCOC(=O)c1nn(-c2ccc(F)cc2)c2c1CCCC2. The number of carbonyl (C=O) groups is 3. The van der Waals surface area contributed by atoms with Gasteiger partial charge in [-0.2, -0.15) is 5.10 Å². The Hall–Kier alpha value is -3.14. The van der Waals surface area contributed by atoms with Gasteiger partial charge in [0.15, 0.2) is 5.69 Å². The zero-order chi connectivity index (χ0) is 23.4. The van der Waals surface area contributed by atoms with Gasteiger partial charge in [0.05, 0.1) is 36.3 Å². The fourth-order valence-corrected chi connectivity index (χ4v) is 4.90. The van der Waals surface area contributed by atoms with Crippen LogP contribution in [0.15, 0.2) is 35.4 Å². The number of methoxy groups -OCH3 is 1. The van der Waals surface area contributed by atoms with E-state index in [1.165, 1.54) is 42.0 Å². The van der Waals surface area contributed by atoms with E-state index in [4.69, 9.17) is 4.74 Å². The number of esters is 2. The largest absolute Gasteiger partial charge is 0.466 e. The summed E-state index contributed by atoms with van der Waals surface area (Å²) in [7, 11) is 1.28. The number of nitrogens with zero attached hydrogens (tertiary/aromatic N) is 3. The first-order valence-electron chi connectivity index (χ1n) is 10.7. The summed E-state index contributed by atoms with van der Waals surface area (Å²) in [6.07, 6.45) is 5.19. The van der Waals surface area contributed by atoms with Crippen LogP contribution in [0, 0.1) is 5.82 Å². The second-order valence-corrected chi connectivity index (χ2v) is 8.69. The quantitative estimate of drug-likeness (QED) is 0.347. The summed E-state index contributed by atoms with van der Waals surface area (Å²) in [5, 5.41) is 5.04. The van der Waals surface area contributed by atoms with Crippen molar-refractivity contribution in [2.24, 2.45) is 0 Å². The molecule has 1 saturated heterocycles. The molecule has 174 valence electrons. The van der Waals surface area contributed by atoms with Gasteiger partial charge in [0.25, 0.3) is 0 Å². The molecule has 33 heavy (non-hydrogen) atoms. The first-order chi connectivity index (χ1) is 16.0. The minimum absolute atomic E-state index is 0.103. The van der Waals surface area contributed by atoms with E-state index < -0.39 is 11.9 Å². The van der Waals surface area contributed by atoms with E-state index in [-0.39, 0.29) is 29.8 Å². The van der Waals surface area contributed by atoms with Crippen molar-refractivity contribution in [1.29, 1.82) is 0 Å². The fraction of sp³-hybridized carbons (Fsp3) is 0.391. The molecule has 1 aliphatic heterocycles. The van der Waals surface area contributed by atoms with Crippen molar-refractivity contribution in [2.45, 2.75) is 32.1 Å². The van der Waals surface area contributed by atoms with Crippen molar-refractivity contribution < 1.29 is 28.2 Å². The molecule has 0 radical (unpaired) electrons. The second kappa shape index (κ2) is 10.2. The van der Waals surface area contributed by atoms with E-state index in [2.05, 4.69) is 9.84 Å². The number of amides is 1. The predicted octanol–water partition coefficient (Wildman–Crippen LogP) is 3.03. The average molecular weight is 474 g/mol. The third-order valence-corrected chi connectivity index (χ3v) is 6.58. The smallest absolute Gasteiger partial charge is 0.359 e. The molecule has 1 aliphatic carbocycles. The van der Waals surface area contributed by atoms with E-state index in [0.717, 1.165) is 36.9 Å². The van der Waals surface area contributed by atoms with Gasteiger partial charge in [-0.05, 0) is 56.4 Å². The predicted molar refractivity (Wildman–Crippen MR) is 119 cm³/mol. The summed E-state index contributed by atoms with van der Waals surface area (Å²) in [6.45, 7) is 0.432. The monoisotopic (exact) mass is 473 g/mol. The van der Waals surface area contributed by atoms with E-state index >= 15 is 0 Å². The topological polar surface area (TPSA) is 90.7 Å². The van der Waals surface area contributed by atoms with Crippen LogP contribution in [0.2, 0.25) is 0 Å². The lowest BCUT2D eigenvalue weighted by atomic mass is 9.95. The lowest BCUT2D eigenvalue weighted by Gasteiger charge is -2.16. The van der Waals surface area contributed by atoms with Crippen LogP contribution in [0.4, 0.5) is 4.39 Å². The first kappa shape index (κ1) is 23.0. The minimum atomic E-state index is -0.523. The molecule has 0 atom stereocenters. The maximum atomic E-state index is 13.3. The van der Waals surface area contributed by atoms with Crippen LogP contribution in [-0.2, 0) is 31.9 Å². The molecule has 8 nitrogen and oxygen atoms in total. The summed E-state index contributed by atoms with van der Waals surface area (Å²) in [4.78, 5) is 37.9. The van der Waals surface area contributed by atoms with E-state index in [1.807, 2.05) is 0 Å². The summed E-state index contributed by atoms with van der Waals surface area (Å²) in [6, 6.07) is 6.00. The number of aromatic nitrogens is 2. The van der Waals surface area contributed by atoms with Crippen LogP contribution in [-0.4, -0.2) is 58.5 Å². The summed E-state index contributed by atoms with van der Waals surface area (Å²) in [5.74, 6) is -1.21. The van der Waals surface area contributed by atoms with E-state index in [0.29, 0.717) is 23.7 Å². The first-order valence-corrected chi connectivity index (χ1v) is 11.7. The Labute approximate surface area is 194 Å². The van der Waals surface area contributed by atoms with Gasteiger partial charge >= 0.3 is 11.9 Å². The zero-order valence-corrected chi connectivity index (χ0v) is 19.0. The third kappa shape index (κ3) is 5.11. The minimum Gasteiger partial charge on any atom is -0.466 e. The number of rotatable bonds is 7. The van der Waals surface area contributed by atoms with Gasteiger partial charge in [-0.25, -0.2) is 18.7 Å². The number of hydrogen-bond acceptors (Lipinski definition) is 7. The molecule has 1 fully saturated rings. The number of carbonyl (C=O) groups excluding carboxylic acids is 3. The molecule has 2 aromatic rings. The number of fused-ring (bicyclic) bond motifs is 1. The van der Waals surface area contributed by atoms with E-state index in [9.17, 15) is 18.8 Å². The number of benzene rings is 1. The molecule has 1 aromatic heterocycles. The van der Waals surface area contributed by atoms with Crippen LogP contribution in [0.1, 0.15) is 41.0 Å². The van der Waals surface area contributed by atoms with Crippen LogP contribution in [0.5, 0.6) is 0 Å². The third-order valence-electron chi connectivity index (χ3n) is 5.56. The Morgan fingerprint density at radius 2 is 1.97 bits per heavy atom. The highest BCUT2D eigenvalue weighted by molar-refractivity contribution is 8.04. The maximum Gasteiger partial charge on any atom is 0.359 e. The van der Waals surface area contributed by atoms with Crippen molar-refractivity contribution in [3.8, 4) is 5.69 Å². The molecule has 0 N–H and O–H groups in total. The van der Waals surface area contributed by atoms with Crippen LogP contribution in [0.25, 0.3) is 5.69 Å². The number of ether oxygens (including phenoxy) is 2. The molecule has 0 spiro atoms. The highest BCUT2D eigenvalue weighted by Gasteiger charge is 2.28. The van der Waals surface area contributed by atoms with Gasteiger partial charge in [-0.3, -0.25) is 4.79 Å². The van der Waals surface area contributed by atoms with Gasteiger partial charge < -0.3 is 14.4 Å². The Balaban J connectivity index is 1.41. The molecule has 0 saturated carbocycles. The van der Waals surface area contributed by atoms with Crippen LogP contribution in [0.3, 0.4) is 0 Å². The lowest BCUT2D eigenvalue weighted by Crippen LogP contribution is -2.27. The van der Waals surface area contributed by atoms with Crippen LogP contribution >= 0.6 is 11.8 Å². The van der Waals surface area contributed by atoms with Gasteiger partial charge in [0, 0.05) is 17.8 Å². The van der Waals surface area contributed by atoms with Crippen LogP contribution < -0.4 is 0 Å². The van der Waals surface area contributed by atoms with Gasteiger partial charge in [-0.15, -0.1) is 0 Å². The van der Waals surface area contributed by atoms with E-state index in [1.54, 1.807) is 16.8 Å². The molecule has 2 heterocycles. The zero-order valence-electron chi connectivity index (χ0n) is 18.2. The Bertz CT molecular complexity index is 1100. The molecule has 10 heteroatoms. The van der Waals surface area contributed by atoms with Crippen molar-refractivity contribution >= 4 is 29.6 Å². The molecular formula is C23H24FN3O5S. The Morgan fingerprint density at radius 1 is 1.21 bits per heavy atom. The highest BCUT2D eigenvalue weighted by Crippen LogP contribution is 2.29. The molecule has 2 aliphatic rings. The maximum absolute atomic E-state index is 13.3. The number of halogens is 1. The summed E-state index contributed by atoms with van der Waals surface area (Å²) < 4.78 is 25.1. The standard InChI is InChI=1S/C23H24FN3O5S/c1-31-21(29)13-20-26(19(28)14-33-20)11-4-12-32-23(30)22-17-5-2-3-6-18(17)27(25-22)16-9-7-15(24)8-10-16/h7-10,13H,2-6,11-12,14H2,1H3/b20-13+. The fourth-order valence-electron chi connectivity index (χ4n) is 3.94. The molecule has 0 unspecified atom stereocenters. The van der Waals surface area contributed by atoms with Crippen molar-refractivity contribution in [1.82, 2.24) is 14.7 Å². The lowest BCUT2D eigenvalue weighted by molar-refractivity contribution is -0.134. The Kier molecular flexibility index (Phi) is 7.12. The molecule has 1 aromatic carbocycles. The molecular weight excluding hydrogens is 449 g/mol. The highest BCUT2D eigenvalue weighted by atomic mass is 32.2. The van der Waals surface area contributed by atoms with Crippen molar-refractivity contribution in [3.63, 3.8) is 0 Å². The normalized spacial score (nSPS) is 16.7. The molecule has 0 bridgehead atoms. The average Bonchev–Trinajstić information content (AvgIpc) is 3.38. The van der Waals surface area contributed by atoms with Crippen molar-refractivity contribution in [2.75, 3.05) is 26.0 Å². The van der Waals surface area contributed by atoms with Gasteiger partial charge in [-0.1, -0.05) is 11.8 Å². The molecule has 4 rings (SSSR count).